The summed E-state index contributed by atoms with van der Waals surface area (Å²) < 4.78 is 10.6. The van der Waals surface area contributed by atoms with E-state index >= 15 is 0 Å². The molecule has 1 fully saturated rings. The molecule has 1 heterocycles. The minimum Gasteiger partial charge on any atom is -0.493 e. The van der Waals surface area contributed by atoms with Crippen molar-refractivity contribution in [3.63, 3.8) is 0 Å². The number of carbonyl (C=O) groups is 1. The van der Waals surface area contributed by atoms with Crippen LogP contribution in [0.25, 0.3) is 0 Å². The van der Waals surface area contributed by atoms with Crippen LogP contribution in [-0.2, 0) is 11.3 Å². The molecular weight excluding hydrogens is 304 g/mol. The van der Waals surface area contributed by atoms with Gasteiger partial charge in [0.1, 0.15) is 6.04 Å². The van der Waals surface area contributed by atoms with Crippen LogP contribution in [-0.4, -0.2) is 31.1 Å². The monoisotopic (exact) mass is 326 g/mol. The lowest BCUT2D eigenvalue weighted by molar-refractivity contribution is -0.150. The van der Waals surface area contributed by atoms with Gasteiger partial charge in [-0.25, -0.2) is 0 Å². The Morgan fingerprint density at radius 1 is 1.04 bits per heavy atom. The van der Waals surface area contributed by atoms with Gasteiger partial charge in [-0.3, -0.25) is 4.79 Å². The maximum absolute atomic E-state index is 12.2. The highest BCUT2D eigenvalue weighted by molar-refractivity contribution is 5.89. The number of hydrogen-bond donors (Lipinski definition) is 1. The Morgan fingerprint density at radius 2 is 1.71 bits per heavy atom. The number of nitrogens with two attached hydrogens (primary N) is 1. The molecule has 0 aliphatic carbocycles. The number of nitrogens with zero attached hydrogens (tertiary/aromatic N) is 1. The summed E-state index contributed by atoms with van der Waals surface area (Å²) in [4.78, 5) is 14.0. The number of benzene rings is 2. The highest BCUT2D eigenvalue weighted by atomic mass is 16.5. The molecule has 126 valence electrons. The number of methoxy groups -OCH3 is 2. The second kappa shape index (κ2) is 6.53. The fourth-order valence-corrected chi connectivity index (χ4v) is 3.08. The Bertz CT molecular complexity index is 743. The first-order chi connectivity index (χ1) is 11.5. The molecule has 5 heteroatoms. The number of hydrogen-bond acceptors (Lipinski definition) is 4. The van der Waals surface area contributed by atoms with Gasteiger partial charge in [-0.05, 0) is 30.2 Å². The second-order valence-electron chi connectivity index (χ2n) is 6.04. The zero-order valence-electron chi connectivity index (χ0n) is 14.2. The smallest absolute Gasteiger partial charge is 0.242 e. The lowest BCUT2D eigenvalue weighted by atomic mass is 9.88. The molecule has 0 aromatic heterocycles. The Hall–Kier alpha value is -2.53. The Morgan fingerprint density at radius 3 is 2.33 bits per heavy atom. The third kappa shape index (κ3) is 2.83. The fourth-order valence-electron chi connectivity index (χ4n) is 3.08. The average Bonchev–Trinajstić information content (AvgIpc) is 2.62. The molecule has 0 spiro atoms. The van der Waals surface area contributed by atoms with Crippen LogP contribution in [0.1, 0.15) is 22.7 Å². The molecule has 0 radical (unpaired) electrons. The number of ether oxygens (including phenoxy) is 2. The first-order valence-corrected chi connectivity index (χ1v) is 7.88. The van der Waals surface area contributed by atoms with Gasteiger partial charge in [0.25, 0.3) is 0 Å². The van der Waals surface area contributed by atoms with Crippen molar-refractivity contribution in [2.45, 2.75) is 25.6 Å². The van der Waals surface area contributed by atoms with Gasteiger partial charge in [0.15, 0.2) is 11.5 Å². The van der Waals surface area contributed by atoms with Crippen LogP contribution in [0.15, 0.2) is 42.5 Å². The van der Waals surface area contributed by atoms with Gasteiger partial charge in [-0.15, -0.1) is 0 Å². The number of aryl methyl sites for hydroxylation is 1. The molecule has 2 atom stereocenters. The van der Waals surface area contributed by atoms with Crippen LogP contribution < -0.4 is 15.2 Å². The van der Waals surface area contributed by atoms with E-state index in [4.69, 9.17) is 15.2 Å². The summed E-state index contributed by atoms with van der Waals surface area (Å²) in [5.41, 5.74) is 9.27. The zero-order valence-corrected chi connectivity index (χ0v) is 14.2. The second-order valence-corrected chi connectivity index (χ2v) is 6.04. The van der Waals surface area contributed by atoms with Gasteiger partial charge in [0.05, 0.1) is 20.3 Å². The largest absolute Gasteiger partial charge is 0.493 e. The van der Waals surface area contributed by atoms with E-state index in [0.717, 1.165) is 11.1 Å². The average molecular weight is 326 g/mol. The van der Waals surface area contributed by atoms with Crippen molar-refractivity contribution in [3.8, 4) is 11.5 Å². The third-order valence-electron chi connectivity index (χ3n) is 4.46. The Balaban J connectivity index is 1.83. The van der Waals surface area contributed by atoms with E-state index in [1.54, 1.807) is 19.1 Å². The summed E-state index contributed by atoms with van der Waals surface area (Å²) in [6.45, 7) is 2.53. The number of carbonyl (C=O) groups excluding carboxylic acids is 1. The van der Waals surface area contributed by atoms with Crippen LogP contribution in [0.4, 0.5) is 0 Å². The van der Waals surface area contributed by atoms with Crippen LogP contribution in [0.5, 0.6) is 11.5 Å². The minimum atomic E-state index is -0.479. The number of amides is 1. The Labute approximate surface area is 142 Å². The first-order valence-electron chi connectivity index (χ1n) is 7.88. The summed E-state index contributed by atoms with van der Waals surface area (Å²) in [5.74, 6) is 1.29. The van der Waals surface area contributed by atoms with Gasteiger partial charge in [0.2, 0.25) is 5.91 Å². The van der Waals surface area contributed by atoms with Crippen molar-refractivity contribution in [1.29, 1.82) is 0 Å². The molecule has 2 N–H and O–H groups in total. The fraction of sp³-hybridized carbons (Fsp3) is 0.316. The van der Waals surface area contributed by atoms with Crippen LogP contribution >= 0.6 is 0 Å². The molecule has 5 nitrogen and oxygen atoms in total. The van der Waals surface area contributed by atoms with E-state index in [0.29, 0.717) is 18.0 Å². The number of rotatable bonds is 5. The first kappa shape index (κ1) is 16.3. The highest BCUT2D eigenvalue weighted by Gasteiger charge is 2.45. The molecule has 2 aromatic carbocycles. The van der Waals surface area contributed by atoms with Gasteiger partial charge < -0.3 is 20.1 Å². The van der Waals surface area contributed by atoms with Crippen molar-refractivity contribution >= 4 is 5.91 Å². The molecule has 3 rings (SSSR count). The van der Waals surface area contributed by atoms with Crippen LogP contribution in [0, 0.1) is 6.92 Å². The predicted molar refractivity (Wildman–Crippen MR) is 92.0 cm³/mol. The number of likely N-dealkylation sites (tertiary alicyclic amines) is 1. The van der Waals surface area contributed by atoms with Crippen molar-refractivity contribution in [2.24, 2.45) is 5.73 Å². The maximum atomic E-state index is 12.2. The van der Waals surface area contributed by atoms with E-state index in [1.165, 1.54) is 5.56 Å². The number of β-lactam (4-membered cyclic amide) rings is 1. The highest BCUT2D eigenvalue weighted by Crippen LogP contribution is 2.36. The standard InChI is InChI=1S/C19H22N2O3/c1-12-4-7-14(8-5-12)18-17(20)19(22)21(18)11-13-6-9-15(23-2)16(10-13)24-3/h4-10,17-18H,11,20H2,1-3H3/t17-,18-/m0/s1. The van der Waals surface area contributed by atoms with E-state index in [2.05, 4.69) is 0 Å². The van der Waals surface area contributed by atoms with Crippen LogP contribution in [0.3, 0.4) is 0 Å². The Kier molecular flexibility index (Phi) is 4.44. The predicted octanol–water partition coefficient (Wildman–Crippen LogP) is 2.42. The molecule has 0 saturated carbocycles. The van der Waals surface area contributed by atoms with Crippen molar-refractivity contribution in [1.82, 2.24) is 4.90 Å². The summed E-state index contributed by atoms with van der Waals surface area (Å²) in [7, 11) is 3.20. The molecule has 1 amide bonds. The molecular formula is C19H22N2O3. The molecule has 1 aliphatic rings. The topological polar surface area (TPSA) is 64.8 Å². The normalized spacial score (nSPS) is 19.8. The molecule has 2 aromatic rings. The third-order valence-corrected chi connectivity index (χ3v) is 4.46. The summed E-state index contributed by atoms with van der Waals surface area (Å²) >= 11 is 0. The lowest BCUT2D eigenvalue weighted by Gasteiger charge is -2.46. The SMILES string of the molecule is COc1ccc(CN2C(=O)[C@@H](N)[C@@H]2c2ccc(C)cc2)cc1OC. The van der Waals surface area contributed by atoms with Gasteiger partial charge >= 0.3 is 0 Å². The van der Waals surface area contributed by atoms with E-state index < -0.39 is 6.04 Å². The lowest BCUT2D eigenvalue weighted by Crippen LogP contribution is -2.62. The minimum absolute atomic E-state index is 0.0321. The summed E-state index contributed by atoms with van der Waals surface area (Å²) in [5, 5.41) is 0. The van der Waals surface area contributed by atoms with Crippen molar-refractivity contribution in [3.05, 3.63) is 59.2 Å². The molecule has 1 saturated heterocycles. The molecule has 1 aliphatic heterocycles. The van der Waals surface area contributed by atoms with Crippen molar-refractivity contribution in [2.75, 3.05) is 14.2 Å². The summed E-state index contributed by atoms with van der Waals surface area (Å²) in [6, 6.07) is 13.3. The van der Waals surface area contributed by atoms with Crippen molar-refractivity contribution < 1.29 is 14.3 Å². The molecule has 24 heavy (non-hydrogen) atoms. The summed E-state index contributed by atoms with van der Waals surface area (Å²) in [6.07, 6.45) is 0. The van der Waals surface area contributed by atoms with E-state index in [-0.39, 0.29) is 11.9 Å². The maximum Gasteiger partial charge on any atom is 0.242 e. The molecule has 0 unspecified atom stereocenters. The zero-order chi connectivity index (χ0) is 17.3. The van der Waals surface area contributed by atoms with Gasteiger partial charge in [0, 0.05) is 6.54 Å². The quantitative estimate of drug-likeness (QED) is 0.857. The van der Waals surface area contributed by atoms with E-state index in [9.17, 15) is 4.79 Å². The van der Waals surface area contributed by atoms with E-state index in [1.807, 2.05) is 49.4 Å². The van der Waals surface area contributed by atoms with Crippen LogP contribution in [0.2, 0.25) is 0 Å². The van der Waals surface area contributed by atoms with Gasteiger partial charge in [-0.1, -0.05) is 35.9 Å². The molecule has 0 bridgehead atoms. The van der Waals surface area contributed by atoms with Gasteiger partial charge in [-0.2, -0.15) is 0 Å².